The van der Waals surface area contributed by atoms with E-state index in [2.05, 4.69) is 38.2 Å². The summed E-state index contributed by atoms with van der Waals surface area (Å²) in [5, 5.41) is 7.99. The fourth-order valence-electron chi connectivity index (χ4n) is 2.82. The van der Waals surface area contributed by atoms with Gasteiger partial charge in [0.15, 0.2) is 0 Å². The standard InChI is InChI=1S/C22H30N2O4S/c1-16(17-7-13-20(14-8-17)29(23,26)27)24-21(25)6-5-15-28-19-11-9-18(10-12-19)22(2,3)4/h7-14,16H,5-6,15H2,1-4H3,(H,24,25)(H2,23,26,27). The topological polar surface area (TPSA) is 98.5 Å². The average Bonchev–Trinajstić information content (AvgIpc) is 2.64. The third-order valence-electron chi connectivity index (χ3n) is 4.62. The highest BCUT2D eigenvalue weighted by atomic mass is 32.2. The van der Waals surface area contributed by atoms with Crippen LogP contribution in [0.3, 0.4) is 0 Å². The number of hydrogen-bond donors (Lipinski definition) is 2. The number of primary sulfonamides is 1. The predicted molar refractivity (Wildman–Crippen MR) is 114 cm³/mol. The molecule has 7 heteroatoms. The number of rotatable bonds is 8. The molecule has 0 fully saturated rings. The molecule has 0 saturated carbocycles. The summed E-state index contributed by atoms with van der Waals surface area (Å²) >= 11 is 0. The zero-order valence-electron chi connectivity index (χ0n) is 17.4. The lowest BCUT2D eigenvalue weighted by Crippen LogP contribution is -2.26. The molecule has 2 aromatic carbocycles. The molecule has 0 aliphatic carbocycles. The average molecular weight is 419 g/mol. The van der Waals surface area contributed by atoms with Gasteiger partial charge >= 0.3 is 0 Å². The quantitative estimate of drug-likeness (QED) is 0.639. The summed E-state index contributed by atoms with van der Waals surface area (Å²) in [6, 6.07) is 14.0. The molecular formula is C22H30N2O4S. The predicted octanol–water partition coefficient (Wildman–Crippen LogP) is 3.67. The summed E-state index contributed by atoms with van der Waals surface area (Å²) in [7, 11) is -3.72. The molecule has 29 heavy (non-hydrogen) atoms. The molecule has 0 aromatic heterocycles. The summed E-state index contributed by atoms with van der Waals surface area (Å²) in [5.74, 6) is 0.710. The van der Waals surface area contributed by atoms with Crippen LogP contribution in [-0.4, -0.2) is 20.9 Å². The zero-order valence-corrected chi connectivity index (χ0v) is 18.3. The first kappa shape index (κ1) is 22.9. The van der Waals surface area contributed by atoms with Crippen LogP contribution in [0, 0.1) is 0 Å². The van der Waals surface area contributed by atoms with Crippen LogP contribution in [0.15, 0.2) is 53.4 Å². The van der Waals surface area contributed by atoms with Gasteiger partial charge in [-0.2, -0.15) is 0 Å². The first-order valence-electron chi connectivity index (χ1n) is 9.62. The SMILES string of the molecule is CC(NC(=O)CCCOc1ccc(C(C)(C)C)cc1)c1ccc(S(N)(=O)=O)cc1. The van der Waals surface area contributed by atoms with Crippen LogP contribution in [0.5, 0.6) is 5.75 Å². The second kappa shape index (κ2) is 9.41. The van der Waals surface area contributed by atoms with Crippen LogP contribution in [-0.2, 0) is 20.2 Å². The van der Waals surface area contributed by atoms with Crippen LogP contribution in [0.1, 0.15) is 57.7 Å². The van der Waals surface area contributed by atoms with Crippen molar-refractivity contribution in [3.05, 3.63) is 59.7 Å². The third-order valence-corrected chi connectivity index (χ3v) is 5.55. The van der Waals surface area contributed by atoms with Gasteiger partial charge in [0, 0.05) is 6.42 Å². The van der Waals surface area contributed by atoms with Gasteiger partial charge in [-0.25, -0.2) is 13.6 Å². The number of amides is 1. The molecule has 1 amide bonds. The Kier molecular flexibility index (Phi) is 7.43. The fourth-order valence-corrected chi connectivity index (χ4v) is 3.33. The fraction of sp³-hybridized carbons (Fsp3) is 0.409. The van der Waals surface area contributed by atoms with Crippen molar-refractivity contribution < 1.29 is 17.9 Å². The van der Waals surface area contributed by atoms with E-state index < -0.39 is 10.0 Å². The molecule has 0 bridgehead atoms. The van der Waals surface area contributed by atoms with Crippen molar-refractivity contribution in [3.8, 4) is 5.75 Å². The second-order valence-corrected chi connectivity index (χ2v) is 9.69. The normalized spacial score (nSPS) is 13.0. The van der Waals surface area contributed by atoms with E-state index in [0.717, 1.165) is 11.3 Å². The van der Waals surface area contributed by atoms with Gasteiger partial charge in [-0.15, -0.1) is 0 Å². The maximum absolute atomic E-state index is 12.1. The highest BCUT2D eigenvalue weighted by molar-refractivity contribution is 7.89. The molecule has 0 heterocycles. The molecule has 1 unspecified atom stereocenters. The van der Waals surface area contributed by atoms with Gasteiger partial charge in [0.05, 0.1) is 17.5 Å². The molecule has 0 aliphatic rings. The van der Waals surface area contributed by atoms with Crippen LogP contribution < -0.4 is 15.2 Å². The summed E-state index contributed by atoms with van der Waals surface area (Å²) in [5.41, 5.74) is 2.16. The van der Waals surface area contributed by atoms with Crippen LogP contribution in [0.2, 0.25) is 0 Å². The molecule has 0 radical (unpaired) electrons. The van der Waals surface area contributed by atoms with E-state index in [1.165, 1.54) is 17.7 Å². The molecule has 3 N–H and O–H groups in total. The van der Waals surface area contributed by atoms with E-state index in [4.69, 9.17) is 9.88 Å². The second-order valence-electron chi connectivity index (χ2n) is 8.13. The zero-order chi connectivity index (χ0) is 21.7. The Morgan fingerprint density at radius 1 is 1.07 bits per heavy atom. The Labute approximate surface area is 173 Å². The van der Waals surface area contributed by atoms with Crippen LogP contribution in [0.25, 0.3) is 0 Å². The Hall–Kier alpha value is -2.38. The maximum Gasteiger partial charge on any atom is 0.238 e. The monoisotopic (exact) mass is 418 g/mol. The van der Waals surface area contributed by atoms with Crippen LogP contribution in [0.4, 0.5) is 0 Å². The van der Waals surface area contributed by atoms with Gasteiger partial charge in [-0.1, -0.05) is 45.0 Å². The first-order valence-corrected chi connectivity index (χ1v) is 11.2. The van der Waals surface area contributed by atoms with Gasteiger partial charge in [-0.05, 0) is 54.2 Å². The Morgan fingerprint density at radius 2 is 1.66 bits per heavy atom. The van der Waals surface area contributed by atoms with E-state index in [-0.39, 0.29) is 22.3 Å². The number of carbonyl (C=O) groups excluding carboxylic acids is 1. The first-order chi connectivity index (χ1) is 13.5. The van der Waals surface area contributed by atoms with Crippen molar-refractivity contribution in [2.24, 2.45) is 5.14 Å². The minimum atomic E-state index is -3.72. The Bertz CT molecular complexity index is 915. The number of sulfonamides is 1. The summed E-state index contributed by atoms with van der Waals surface area (Å²) in [6.07, 6.45) is 0.948. The molecule has 0 saturated heterocycles. The number of nitrogens with two attached hydrogens (primary N) is 1. The highest BCUT2D eigenvalue weighted by Gasteiger charge is 2.14. The van der Waals surface area contributed by atoms with Gasteiger partial charge in [0.1, 0.15) is 5.75 Å². The van der Waals surface area contributed by atoms with Crippen molar-refractivity contribution in [1.82, 2.24) is 5.32 Å². The van der Waals surface area contributed by atoms with Crippen molar-refractivity contribution in [3.63, 3.8) is 0 Å². The number of hydrogen-bond acceptors (Lipinski definition) is 4. The van der Waals surface area contributed by atoms with Gasteiger partial charge in [0.25, 0.3) is 0 Å². The number of carbonyl (C=O) groups is 1. The van der Waals surface area contributed by atoms with Crippen molar-refractivity contribution in [2.45, 2.75) is 56.9 Å². The number of nitrogens with one attached hydrogen (secondary N) is 1. The van der Waals surface area contributed by atoms with Gasteiger partial charge in [-0.3, -0.25) is 4.79 Å². The Morgan fingerprint density at radius 3 is 2.17 bits per heavy atom. The molecule has 6 nitrogen and oxygen atoms in total. The lowest BCUT2D eigenvalue weighted by molar-refractivity contribution is -0.121. The van der Waals surface area contributed by atoms with Crippen molar-refractivity contribution >= 4 is 15.9 Å². The molecule has 1 atom stereocenters. The lowest BCUT2D eigenvalue weighted by atomic mass is 9.87. The minimum absolute atomic E-state index is 0.0486. The third kappa shape index (κ3) is 7.18. The van der Waals surface area contributed by atoms with Crippen molar-refractivity contribution in [1.29, 1.82) is 0 Å². The van der Waals surface area contributed by atoms with E-state index in [1.807, 2.05) is 19.1 Å². The Balaban J connectivity index is 1.75. The molecule has 0 aliphatic heterocycles. The summed E-state index contributed by atoms with van der Waals surface area (Å²) in [4.78, 5) is 12.2. The molecule has 0 spiro atoms. The summed E-state index contributed by atoms with van der Waals surface area (Å²) in [6.45, 7) is 8.79. The maximum atomic E-state index is 12.1. The van der Waals surface area contributed by atoms with Gasteiger partial charge < -0.3 is 10.1 Å². The number of benzene rings is 2. The summed E-state index contributed by atoms with van der Waals surface area (Å²) < 4.78 is 28.3. The molecule has 2 aromatic rings. The molecule has 158 valence electrons. The number of ether oxygens (including phenoxy) is 1. The van der Waals surface area contributed by atoms with Crippen LogP contribution >= 0.6 is 0 Å². The van der Waals surface area contributed by atoms with Crippen molar-refractivity contribution in [2.75, 3.05) is 6.61 Å². The molecular weight excluding hydrogens is 388 g/mol. The van der Waals surface area contributed by atoms with Gasteiger partial charge in [0.2, 0.25) is 15.9 Å². The smallest absolute Gasteiger partial charge is 0.238 e. The van der Waals surface area contributed by atoms with E-state index >= 15 is 0 Å². The lowest BCUT2D eigenvalue weighted by Gasteiger charge is -2.19. The molecule has 2 rings (SSSR count). The van der Waals surface area contributed by atoms with E-state index in [1.54, 1.807) is 12.1 Å². The highest BCUT2D eigenvalue weighted by Crippen LogP contribution is 2.24. The van der Waals surface area contributed by atoms with E-state index in [9.17, 15) is 13.2 Å². The van der Waals surface area contributed by atoms with E-state index in [0.29, 0.717) is 19.4 Å². The largest absolute Gasteiger partial charge is 0.494 e. The minimum Gasteiger partial charge on any atom is -0.494 e.